The Balaban J connectivity index is 2.51. The SMILES string of the molecule is O=C1[N]c2cc(Cl)ccc2S1. The summed E-state index contributed by atoms with van der Waals surface area (Å²) in [5, 5.41) is 4.20. The van der Waals surface area contributed by atoms with Crippen molar-refractivity contribution in [1.82, 2.24) is 5.32 Å². The number of amides is 1. The van der Waals surface area contributed by atoms with Crippen LogP contribution in [0.25, 0.3) is 0 Å². The Bertz CT molecular complexity index is 326. The van der Waals surface area contributed by atoms with Crippen LogP contribution in [0.4, 0.5) is 10.5 Å². The van der Waals surface area contributed by atoms with Gasteiger partial charge < -0.3 is 0 Å². The van der Waals surface area contributed by atoms with Gasteiger partial charge in [0, 0.05) is 9.92 Å². The van der Waals surface area contributed by atoms with Crippen LogP contribution in [0.15, 0.2) is 23.1 Å². The normalized spacial score (nSPS) is 14.5. The van der Waals surface area contributed by atoms with Crippen molar-refractivity contribution in [2.24, 2.45) is 0 Å². The zero-order valence-corrected chi connectivity index (χ0v) is 6.95. The number of fused-ring (bicyclic) bond motifs is 1. The monoisotopic (exact) mass is 184 g/mol. The highest BCUT2D eigenvalue weighted by molar-refractivity contribution is 8.14. The molecule has 0 N–H and O–H groups in total. The maximum atomic E-state index is 10.8. The van der Waals surface area contributed by atoms with Gasteiger partial charge in [-0.05, 0) is 30.0 Å². The summed E-state index contributed by atoms with van der Waals surface area (Å²) in [5.41, 5.74) is 0.688. The van der Waals surface area contributed by atoms with Crippen LogP contribution in [-0.2, 0) is 0 Å². The molecule has 4 heteroatoms. The molecule has 0 spiro atoms. The van der Waals surface area contributed by atoms with Crippen LogP contribution in [0.3, 0.4) is 0 Å². The van der Waals surface area contributed by atoms with Crippen LogP contribution < -0.4 is 5.32 Å². The molecule has 0 saturated heterocycles. The van der Waals surface area contributed by atoms with Crippen molar-refractivity contribution in [3.05, 3.63) is 23.2 Å². The number of thioether (sulfide) groups is 1. The van der Waals surface area contributed by atoms with E-state index < -0.39 is 0 Å². The van der Waals surface area contributed by atoms with E-state index in [1.54, 1.807) is 18.2 Å². The lowest BCUT2D eigenvalue weighted by atomic mass is 10.3. The second-order valence-electron chi connectivity index (χ2n) is 2.09. The first-order chi connectivity index (χ1) is 5.25. The highest BCUT2D eigenvalue weighted by Crippen LogP contribution is 2.36. The van der Waals surface area contributed by atoms with Crippen molar-refractivity contribution < 1.29 is 4.79 Å². The molecule has 55 valence electrons. The average Bonchev–Trinajstić information content (AvgIpc) is 2.27. The van der Waals surface area contributed by atoms with E-state index in [0.29, 0.717) is 10.7 Å². The summed E-state index contributed by atoms with van der Waals surface area (Å²) in [6, 6.07) is 5.24. The molecule has 1 aromatic carbocycles. The molecular weight excluding hydrogens is 182 g/mol. The van der Waals surface area contributed by atoms with Crippen LogP contribution in [0.5, 0.6) is 0 Å². The van der Waals surface area contributed by atoms with Gasteiger partial charge >= 0.3 is 5.24 Å². The first-order valence-electron chi connectivity index (χ1n) is 2.99. The first kappa shape index (κ1) is 7.00. The second kappa shape index (κ2) is 2.43. The van der Waals surface area contributed by atoms with Gasteiger partial charge in [-0.3, -0.25) is 4.79 Å². The number of nitrogens with zero attached hydrogens (tertiary/aromatic N) is 1. The molecule has 2 nitrogen and oxygen atoms in total. The Morgan fingerprint density at radius 2 is 2.27 bits per heavy atom. The molecule has 0 aliphatic carbocycles. The van der Waals surface area contributed by atoms with Gasteiger partial charge in [-0.25, -0.2) is 5.32 Å². The summed E-state index contributed by atoms with van der Waals surface area (Å²) in [4.78, 5) is 11.7. The molecule has 1 amide bonds. The number of carbonyl (C=O) groups is 1. The summed E-state index contributed by atoms with van der Waals surface area (Å²) in [6.07, 6.45) is 0. The van der Waals surface area contributed by atoms with Crippen molar-refractivity contribution in [2.45, 2.75) is 4.90 Å². The van der Waals surface area contributed by atoms with Gasteiger partial charge in [0.2, 0.25) is 0 Å². The minimum absolute atomic E-state index is 0.165. The lowest BCUT2D eigenvalue weighted by Gasteiger charge is -1.93. The third-order valence-electron chi connectivity index (χ3n) is 1.33. The van der Waals surface area contributed by atoms with Gasteiger partial charge in [0.25, 0.3) is 0 Å². The van der Waals surface area contributed by atoms with E-state index in [1.807, 2.05) is 0 Å². The van der Waals surface area contributed by atoms with E-state index in [0.717, 1.165) is 16.7 Å². The van der Waals surface area contributed by atoms with Gasteiger partial charge in [0.1, 0.15) is 0 Å². The first-order valence-corrected chi connectivity index (χ1v) is 4.18. The lowest BCUT2D eigenvalue weighted by molar-refractivity contribution is 0.264. The molecule has 0 fully saturated rings. The van der Waals surface area contributed by atoms with Gasteiger partial charge in [0.05, 0.1) is 5.69 Å². The smallest absolute Gasteiger partial charge is 0.259 e. The quantitative estimate of drug-likeness (QED) is 0.621. The predicted octanol–water partition coefficient (Wildman–Crippen LogP) is 2.80. The van der Waals surface area contributed by atoms with E-state index >= 15 is 0 Å². The van der Waals surface area contributed by atoms with E-state index in [9.17, 15) is 4.79 Å². The zero-order chi connectivity index (χ0) is 7.84. The van der Waals surface area contributed by atoms with Gasteiger partial charge in [-0.1, -0.05) is 11.6 Å². The third kappa shape index (κ3) is 1.21. The van der Waals surface area contributed by atoms with Crippen LogP contribution in [0, 0.1) is 0 Å². The third-order valence-corrected chi connectivity index (χ3v) is 2.40. The number of hydrogen-bond donors (Lipinski definition) is 0. The predicted molar refractivity (Wildman–Crippen MR) is 44.5 cm³/mol. The highest BCUT2D eigenvalue weighted by atomic mass is 35.5. The van der Waals surface area contributed by atoms with Crippen molar-refractivity contribution in [1.29, 1.82) is 0 Å². The Kier molecular flexibility index (Phi) is 1.55. The van der Waals surface area contributed by atoms with Crippen molar-refractivity contribution in [2.75, 3.05) is 0 Å². The minimum Gasteiger partial charge on any atom is -0.259 e. The summed E-state index contributed by atoms with van der Waals surface area (Å²) in [7, 11) is 0. The van der Waals surface area contributed by atoms with Crippen LogP contribution >= 0.6 is 23.4 Å². The molecule has 1 aliphatic heterocycles. The van der Waals surface area contributed by atoms with E-state index in [4.69, 9.17) is 11.6 Å². The van der Waals surface area contributed by atoms with Crippen LogP contribution in [-0.4, -0.2) is 5.24 Å². The summed E-state index contributed by atoms with van der Waals surface area (Å²) < 4.78 is 0. The molecule has 1 radical (unpaired) electrons. The van der Waals surface area contributed by atoms with Gasteiger partial charge in [-0.15, -0.1) is 0 Å². The Hall–Kier alpha value is -0.670. The van der Waals surface area contributed by atoms with Crippen molar-refractivity contribution >= 4 is 34.3 Å². The standard InChI is InChI=1S/C7H3ClNOS/c8-4-1-2-6-5(3-4)9-7(10)11-6/h1-3H. The summed E-state index contributed by atoms with van der Waals surface area (Å²) in [5.74, 6) is 0. The molecule has 1 heterocycles. The Labute approximate surface area is 72.9 Å². The molecule has 2 rings (SSSR count). The van der Waals surface area contributed by atoms with Crippen molar-refractivity contribution in [3.8, 4) is 0 Å². The number of carbonyl (C=O) groups excluding carboxylic acids is 1. The van der Waals surface area contributed by atoms with E-state index in [2.05, 4.69) is 5.32 Å². The summed E-state index contributed by atoms with van der Waals surface area (Å²) in [6.45, 7) is 0. The number of rotatable bonds is 0. The van der Waals surface area contributed by atoms with Gasteiger partial charge in [0.15, 0.2) is 0 Å². The van der Waals surface area contributed by atoms with E-state index in [1.165, 1.54) is 0 Å². The van der Waals surface area contributed by atoms with E-state index in [-0.39, 0.29) is 5.24 Å². The number of benzene rings is 1. The Morgan fingerprint density at radius 1 is 1.45 bits per heavy atom. The number of hydrogen-bond acceptors (Lipinski definition) is 2. The molecule has 11 heavy (non-hydrogen) atoms. The summed E-state index contributed by atoms with van der Waals surface area (Å²) >= 11 is 6.83. The molecule has 1 aromatic rings. The van der Waals surface area contributed by atoms with Crippen LogP contribution in [0.1, 0.15) is 0 Å². The van der Waals surface area contributed by atoms with Crippen LogP contribution in [0.2, 0.25) is 5.02 Å². The molecule has 0 aromatic heterocycles. The molecule has 0 unspecified atom stereocenters. The number of halogens is 1. The van der Waals surface area contributed by atoms with Gasteiger partial charge in [-0.2, -0.15) is 0 Å². The molecule has 0 saturated carbocycles. The maximum Gasteiger partial charge on any atom is 0.310 e. The molecule has 0 atom stereocenters. The largest absolute Gasteiger partial charge is 0.310 e. The van der Waals surface area contributed by atoms with Crippen molar-refractivity contribution in [3.63, 3.8) is 0 Å². The molecule has 0 bridgehead atoms. The molecule has 1 aliphatic rings. The fourth-order valence-electron chi connectivity index (χ4n) is 0.879. The highest BCUT2D eigenvalue weighted by Gasteiger charge is 2.20. The lowest BCUT2D eigenvalue weighted by Crippen LogP contribution is -1.93. The average molecular weight is 185 g/mol. The Morgan fingerprint density at radius 3 is 3.09 bits per heavy atom. The second-order valence-corrected chi connectivity index (χ2v) is 3.52. The molecular formula is C7H3ClNOS. The topological polar surface area (TPSA) is 31.2 Å². The zero-order valence-electron chi connectivity index (χ0n) is 5.37. The fourth-order valence-corrected chi connectivity index (χ4v) is 1.72. The fraction of sp³-hybridized carbons (Fsp3) is 0. The maximum absolute atomic E-state index is 10.8. The minimum atomic E-state index is -0.165.